The molecule has 0 amide bonds. The zero-order valence-electron chi connectivity index (χ0n) is 8.87. The number of ketones is 1. The van der Waals surface area contributed by atoms with Gasteiger partial charge in [-0.25, -0.2) is 0 Å². The highest BCUT2D eigenvalue weighted by atomic mass is 16.5. The second-order valence-corrected chi connectivity index (χ2v) is 3.49. The fraction of sp³-hybridized carbons (Fsp3) is 0.636. The highest BCUT2D eigenvalue weighted by Gasteiger charge is 2.38. The summed E-state index contributed by atoms with van der Waals surface area (Å²) in [7, 11) is 0. The molecule has 1 aliphatic rings. The molecule has 14 heavy (non-hydrogen) atoms. The maximum Gasteiger partial charge on any atom is 0.317 e. The van der Waals surface area contributed by atoms with Gasteiger partial charge >= 0.3 is 5.97 Å². The number of esters is 1. The van der Waals surface area contributed by atoms with E-state index in [2.05, 4.69) is 0 Å². The van der Waals surface area contributed by atoms with Crippen LogP contribution in [0.3, 0.4) is 0 Å². The van der Waals surface area contributed by atoms with Gasteiger partial charge in [-0.05, 0) is 25.3 Å². The molecule has 0 saturated carbocycles. The first-order valence-corrected chi connectivity index (χ1v) is 5.02. The average molecular weight is 196 g/mol. The van der Waals surface area contributed by atoms with Gasteiger partial charge in [-0.15, -0.1) is 0 Å². The number of hydrogen-bond donors (Lipinski definition) is 0. The molecule has 0 aliphatic heterocycles. The molecule has 0 fully saturated rings. The van der Waals surface area contributed by atoms with Gasteiger partial charge in [0.25, 0.3) is 0 Å². The van der Waals surface area contributed by atoms with Gasteiger partial charge in [0.2, 0.25) is 0 Å². The van der Waals surface area contributed by atoms with Crippen LogP contribution in [0.2, 0.25) is 0 Å². The van der Waals surface area contributed by atoms with Gasteiger partial charge in [-0.3, -0.25) is 9.59 Å². The highest BCUT2D eigenvalue weighted by Crippen LogP contribution is 2.31. The van der Waals surface area contributed by atoms with Crippen LogP contribution in [0.25, 0.3) is 0 Å². The van der Waals surface area contributed by atoms with Crippen molar-refractivity contribution in [2.24, 2.45) is 11.8 Å². The fourth-order valence-electron chi connectivity index (χ4n) is 1.84. The van der Waals surface area contributed by atoms with E-state index >= 15 is 0 Å². The predicted molar refractivity (Wildman–Crippen MR) is 52.7 cm³/mol. The molecule has 0 heterocycles. The van der Waals surface area contributed by atoms with E-state index in [-0.39, 0.29) is 17.7 Å². The molecular formula is C11H16O3. The van der Waals surface area contributed by atoms with E-state index < -0.39 is 5.92 Å². The Hall–Kier alpha value is -1.12. The molecule has 0 aromatic carbocycles. The van der Waals surface area contributed by atoms with Gasteiger partial charge in [-0.2, -0.15) is 0 Å². The maximum absolute atomic E-state index is 11.5. The lowest BCUT2D eigenvalue weighted by molar-refractivity contribution is -0.151. The Kier molecular flexibility index (Phi) is 3.44. The van der Waals surface area contributed by atoms with Crippen molar-refractivity contribution in [3.63, 3.8) is 0 Å². The molecule has 0 N–H and O–H groups in total. The van der Waals surface area contributed by atoms with E-state index in [4.69, 9.17) is 4.74 Å². The molecule has 0 bridgehead atoms. The topological polar surface area (TPSA) is 43.4 Å². The van der Waals surface area contributed by atoms with Crippen LogP contribution < -0.4 is 0 Å². The first kappa shape index (κ1) is 11.0. The van der Waals surface area contributed by atoms with Crippen molar-refractivity contribution in [1.82, 2.24) is 0 Å². The minimum Gasteiger partial charge on any atom is -0.465 e. The summed E-state index contributed by atoms with van der Waals surface area (Å²) in [6.45, 7) is 5.97. The SMILES string of the molecule is CCOC(=O)C1C(=O)C=C(CC)C1C. The van der Waals surface area contributed by atoms with Crippen molar-refractivity contribution < 1.29 is 14.3 Å². The summed E-state index contributed by atoms with van der Waals surface area (Å²) in [6.07, 6.45) is 2.41. The molecule has 1 rings (SSSR count). The molecule has 0 aromatic heterocycles. The van der Waals surface area contributed by atoms with Crippen LogP contribution in [0.5, 0.6) is 0 Å². The Morgan fingerprint density at radius 2 is 2.14 bits per heavy atom. The zero-order chi connectivity index (χ0) is 10.7. The monoisotopic (exact) mass is 196 g/mol. The number of hydrogen-bond acceptors (Lipinski definition) is 3. The van der Waals surface area contributed by atoms with Gasteiger partial charge in [0.05, 0.1) is 6.61 Å². The highest BCUT2D eigenvalue weighted by molar-refractivity contribution is 6.08. The van der Waals surface area contributed by atoms with E-state index in [1.54, 1.807) is 13.0 Å². The van der Waals surface area contributed by atoms with Crippen molar-refractivity contribution in [3.05, 3.63) is 11.6 Å². The lowest BCUT2D eigenvalue weighted by atomic mass is 9.91. The Bertz CT molecular complexity index is 278. The number of rotatable bonds is 3. The van der Waals surface area contributed by atoms with E-state index in [0.29, 0.717) is 6.61 Å². The normalized spacial score (nSPS) is 26.2. The van der Waals surface area contributed by atoms with Crippen LogP contribution >= 0.6 is 0 Å². The standard InChI is InChI=1S/C11H16O3/c1-4-8-6-9(12)10(7(8)3)11(13)14-5-2/h6-7,10H,4-5H2,1-3H3. The van der Waals surface area contributed by atoms with Crippen molar-refractivity contribution in [2.75, 3.05) is 6.61 Å². The Balaban J connectivity index is 2.75. The summed E-state index contributed by atoms with van der Waals surface area (Å²) in [5.74, 6) is -1.08. The van der Waals surface area contributed by atoms with E-state index in [9.17, 15) is 9.59 Å². The average Bonchev–Trinajstić information content (AvgIpc) is 2.41. The summed E-state index contributed by atoms with van der Waals surface area (Å²) < 4.78 is 4.87. The van der Waals surface area contributed by atoms with E-state index in [1.165, 1.54) is 0 Å². The second-order valence-electron chi connectivity index (χ2n) is 3.49. The molecule has 78 valence electrons. The van der Waals surface area contributed by atoms with Gasteiger partial charge < -0.3 is 4.74 Å². The van der Waals surface area contributed by atoms with Crippen molar-refractivity contribution >= 4 is 11.8 Å². The molecule has 0 spiro atoms. The molecule has 2 atom stereocenters. The third kappa shape index (κ3) is 1.86. The first-order valence-electron chi connectivity index (χ1n) is 5.02. The summed E-state index contributed by atoms with van der Waals surface area (Å²) in [5.41, 5.74) is 1.05. The molecule has 0 radical (unpaired) electrons. The van der Waals surface area contributed by atoms with Gasteiger partial charge in [0.1, 0.15) is 5.92 Å². The molecule has 0 saturated heterocycles. The lowest BCUT2D eigenvalue weighted by Crippen LogP contribution is -2.27. The molecule has 0 aromatic rings. The van der Waals surface area contributed by atoms with Crippen LogP contribution in [-0.4, -0.2) is 18.4 Å². The second kappa shape index (κ2) is 4.40. The summed E-state index contributed by atoms with van der Waals surface area (Å²) in [4.78, 5) is 22.9. The van der Waals surface area contributed by atoms with Crippen molar-refractivity contribution in [2.45, 2.75) is 27.2 Å². The van der Waals surface area contributed by atoms with Gasteiger partial charge in [-0.1, -0.05) is 19.4 Å². The molecule has 3 heteroatoms. The predicted octanol–water partition coefficient (Wildman–Crippen LogP) is 1.72. The smallest absolute Gasteiger partial charge is 0.317 e. The quantitative estimate of drug-likeness (QED) is 0.510. The van der Waals surface area contributed by atoms with E-state index in [1.807, 2.05) is 13.8 Å². The summed E-state index contributed by atoms with van der Waals surface area (Å²) >= 11 is 0. The van der Waals surface area contributed by atoms with Crippen LogP contribution in [0.4, 0.5) is 0 Å². The Morgan fingerprint density at radius 1 is 1.50 bits per heavy atom. The van der Waals surface area contributed by atoms with Gasteiger partial charge in [0.15, 0.2) is 5.78 Å². The number of carbonyl (C=O) groups is 2. The molecule has 2 unspecified atom stereocenters. The summed E-state index contributed by atoms with van der Waals surface area (Å²) in [5, 5.41) is 0. The van der Waals surface area contributed by atoms with Crippen LogP contribution in [-0.2, 0) is 14.3 Å². The van der Waals surface area contributed by atoms with Gasteiger partial charge in [0, 0.05) is 0 Å². The Labute approximate surface area is 84.1 Å². The third-order valence-electron chi connectivity index (χ3n) is 2.67. The zero-order valence-corrected chi connectivity index (χ0v) is 8.87. The maximum atomic E-state index is 11.5. The Morgan fingerprint density at radius 3 is 2.57 bits per heavy atom. The number of ether oxygens (including phenoxy) is 1. The van der Waals surface area contributed by atoms with Crippen molar-refractivity contribution in [1.29, 1.82) is 0 Å². The minimum atomic E-state index is -0.593. The molecule has 3 nitrogen and oxygen atoms in total. The molecule has 1 aliphatic carbocycles. The van der Waals surface area contributed by atoms with Crippen LogP contribution in [0, 0.1) is 11.8 Å². The largest absolute Gasteiger partial charge is 0.465 e. The first-order chi connectivity index (χ1) is 6.61. The van der Waals surface area contributed by atoms with Crippen LogP contribution in [0.15, 0.2) is 11.6 Å². The minimum absolute atomic E-state index is 0.00606. The fourth-order valence-corrected chi connectivity index (χ4v) is 1.84. The third-order valence-corrected chi connectivity index (χ3v) is 2.67. The van der Waals surface area contributed by atoms with Crippen molar-refractivity contribution in [3.8, 4) is 0 Å². The number of allylic oxidation sites excluding steroid dienone is 2. The lowest BCUT2D eigenvalue weighted by Gasteiger charge is -2.14. The summed E-state index contributed by atoms with van der Waals surface area (Å²) in [6, 6.07) is 0. The van der Waals surface area contributed by atoms with E-state index in [0.717, 1.165) is 12.0 Å². The number of carbonyl (C=O) groups excluding carboxylic acids is 2. The molecular weight excluding hydrogens is 180 g/mol. The van der Waals surface area contributed by atoms with Crippen LogP contribution in [0.1, 0.15) is 27.2 Å².